The van der Waals surface area contributed by atoms with Gasteiger partial charge in [0, 0.05) is 30.7 Å². The number of methoxy groups -OCH3 is 1. The van der Waals surface area contributed by atoms with Gasteiger partial charge in [-0.15, -0.1) is 0 Å². The maximum atomic E-state index is 12.6. The molecule has 27 heavy (non-hydrogen) atoms. The van der Waals surface area contributed by atoms with Gasteiger partial charge < -0.3 is 20.1 Å². The molecule has 144 valence electrons. The van der Waals surface area contributed by atoms with Crippen molar-refractivity contribution in [2.24, 2.45) is 5.92 Å². The fraction of sp³-hybridized carbons (Fsp3) is 0.429. The van der Waals surface area contributed by atoms with Crippen LogP contribution >= 0.6 is 0 Å². The van der Waals surface area contributed by atoms with Gasteiger partial charge in [-0.2, -0.15) is 0 Å². The molecule has 1 fully saturated rings. The van der Waals surface area contributed by atoms with Crippen molar-refractivity contribution >= 4 is 11.7 Å². The van der Waals surface area contributed by atoms with Crippen LogP contribution in [0.15, 0.2) is 36.5 Å². The Labute approximate surface area is 160 Å². The SMILES string of the molecule is COc1ccc(C(O)C2CCN(C(=O)Nc3cc(C)ncc3C)CC2)cc1. The van der Waals surface area contributed by atoms with Crippen molar-refractivity contribution in [3.8, 4) is 5.75 Å². The lowest BCUT2D eigenvalue weighted by molar-refractivity contribution is 0.0683. The number of carbonyl (C=O) groups excluding carboxylic acids is 1. The number of piperidine rings is 1. The third-order valence-corrected chi connectivity index (χ3v) is 5.21. The van der Waals surface area contributed by atoms with Crippen LogP contribution in [0.2, 0.25) is 0 Å². The highest BCUT2D eigenvalue weighted by Gasteiger charge is 2.28. The van der Waals surface area contributed by atoms with Crippen LogP contribution in [0.4, 0.5) is 10.5 Å². The first-order valence-corrected chi connectivity index (χ1v) is 9.29. The standard InChI is InChI=1S/C21H27N3O3/c1-14-13-22-15(2)12-19(14)23-21(26)24-10-8-17(9-11-24)20(25)16-4-6-18(27-3)7-5-16/h4-7,12-13,17,20,25H,8-11H2,1-3H3,(H,22,23,26). The number of aliphatic hydroxyl groups is 1. The second-order valence-electron chi connectivity index (χ2n) is 7.11. The van der Waals surface area contributed by atoms with Gasteiger partial charge in [0.15, 0.2) is 0 Å². The van der Waals surface area contributed by atoms with E-state index in [4.69, 9.17) is 4.74 Å². The van der Waals surface area contributed by atoms with Crippen molar-refractivity contribution in [2.45, 2.75) is 32.8 Å². The molecule has 0 saturated carbocycles. The lowest BCUT2D eigenvalue weighted by Crippen LogP contribution is -2.42. The number of benzene rings is 1. The second kappa shape index (κ2) is 8.39. The van der Waals surface area contributed by atoms with Gasteiger partial charge in [0.1, 0.15) is 5.75 Å². The molecular weight excluding hydrogens is 342 g/mol. The highest BCUT2D eigenvalue weighted by atomic mass is 16.5. The molecule has 2 heterocycles. The van der Waals surface area contributed by atoms with E-state index in [0.29, 0.717) is 13.1 Å². The summed E-state index contributed by atoms with van der Waals surface area (Å²) in [4.78, 5) is 18.6. The molecule has 1 saturated heterocycles. The van der Waals surface area contributed by atoms with E-state index in [1.807, 2.05) is 49.1 Å². The van der Waals surface area contributed by atoms with E-state index in [0.717, 1.165) is 41.1 Å². The zero-order chi connectivity index (χ0) is 19.4. The van der Waals surface area contributed by atoms with Gasteiger partial charge in [0.25, 0.3) is 0 Å². The number of anilines is 1. The van der Waals surface area contributed by atoms with Crippen molar-refractivity contribution < 1.29 is 14.6 Å². The monoisotopic (exact) mass is 369 g/mol. The highest BCUT2D eigenvalue weighted by molar-refractivity contribution is 5.90. The van der Waals surface area contributed by atoms with E-state index in [1.165, 1.54) is 0 Å². The predicted molar refractivity (Wildman–Crippen MR) is 105 cm³/mol. The molecule has 6 nitrogen and oxygen atoms in total. The molecular formula is C21H27N3O3. The van der Waals surface area contributed by atoms with Crippen LogP contribution in [-0.2, 0) is 0 Å². The van der Waals surface area contributed by atoms with Crippen molar-refractivity contribution in [3.05, 3.63) is 53.3 Å². The van der Waals surface area contributed by atoms with Crippen molar-refractivity contribution in [1.82, 2.24) is 9.88 Å². The molecule has 2 amide bonds. The molecule has 6 heteroatoms. The highest BCUT2D eigenvalue weighted by Crippen LogP contribution is 2.31. The molecule has 1 unspecified atom stereocenters. The Hall–Kier alpha value is -2.60. The summed E-state index contributed by atoms with van der Waals surface area (Å²) in [5.41, 5.74) is 3.51. The number of hydrogen-bond donors (Lipinski definition) is 2. The molecule has 2 aromatic rings. The Kier molecular flexibility index (Phi) is 5.96. The molecule has 0 spiro atoms. The van der Waals surface area contributed by atoms with Crippen LogP contribution < -0.4 is 10.1 Å². The molecule has 0 aliphatic carbocycles. The molecule has 1 aromatic carbocycles. The minimum atomic E-state index is -0.522. The minimum Gasteiger partial charge on any atom is -0.497 e. The van der Waals surface area contributed by atoms with Crippen molar-refractivity contribution in [3.63, 3.8) is 0 Å². The Balaban J connectivity index is 1.56. The summed E-state index contributed by atoms with van der Waals surface area (Å²) in [6.07, 6.45) is 2.79. The Morgan fingerprint density at radius 3 is 2.56 bits per heavy atom. The van der Waals surface area contributed by atoms with Crippen LogP contribution in [0.3, 0.4) is 0 Å². The summed E-state index contributed by atoms with van der Waals surface area (Å²) in [5.74, 6) is 0.923. The first-order chi connectivity index (χ1) is 13.0. The van der Waals surface area contributed by atoms with Gasteiger partial charge in [-0.3, -0.25) is 4.98 Å². The van der Waals surface area contributed by atoms with Gasteiger partial charge >= 0.3 is 6.03 Å². The van der Waals surface area contributed by atoms with E-state index in [1.54, 1.807) is 13.3 Å². The second-order valence-corrected chi connectivity index (χ2v) is 7.11. The molecule has 3 rings (SSSR count). The molecule has 0 bridgehead atoms. The van der Waals surface area contributed by atoms with E-state index in [2.05, 4.69) is 10.3 Å². The van der Waals surface area contributed by atoms with Crippen molar-refractivity contribution in [1.29, 1.82) is 0 Å². The van der Waals surface area contributed by atoms with Crippen molar-refractivity contribution in [2.75, 3.05) is 25.5 Å². The number of ether oxygens (including phenoxy) is 1. The number of nitrogens with one attached hydrogen (secondary N) is 1. The normalized spacial score (nSPS) is 16.1. The number of aromatic nitrogens is 1. The zero-order valence-corrected chi connectivity index (χ0v) is 16.1. The lowest BCUT2D eigenvalue weighted by Gasteiger charge is -2.34. The molecule has 1 aromatic heterocycles. The number of likely N-dealkylation sites (tertiary alicyclic amines) is 1. The summed E-state index contributed by atoms with van der Waals surface area (Å²) in [5, 5.41) is 13.6. The number of aryl methyl sites for hydroxylation is 2. The number of aliphatic hydroxyl groups excluding tert-OH is 1. The first kappa shape index (κ1) is 19.2. The number of pyridine rings is 1. The van der Waals surface area contributed by atoms with E-state index in [9.17, 15) is 9.90 Å². The third-order valence-electron chi connectivity index (χ3n) is 5.21. The fourth-order valence-corrected chi connectivity index (χ4v) is 3.45. The Morgan fingerprint density at radius 2 is 1.93 bits per heavy atom. The van der Waals surface area contributed by atoms with Gasteiger partial charge in [-0.05, 0) is 61.9 Å². The average molecular weight is 369 g/mol. The minimum absolute atomic E-state index is 0.0962. The summed E-state index contributed by atoms with van der Waals surface area (Å²) in [6.45, 7) is 5.10. The first-order valence-electron chi connectivity index (χ1n) is 9.29. The van der Waals surface area contributed by atoms with Crippen LogP contribution in [0.25, 0.3) is 0 Å². The fourth-order valence-electron chi connectivity index (χ4n) is 3.45. The van der Waals surface area contributed by atoms with E-state index in [-0.39, 0.29) is 11.9 Å². The third kappa shape index (κ3) is 4.57. The zero-order valence-electron chi connectivity index (χ0n) is 16.1. The van der Waals surface area contributed by atoms with Crippen LogP contribution in [0, 0.1) is 19.8 Å². The number of rotatable bonds is 4. The van der Waals surface area contributed by atoms with Crippen LogP contribution in [-0.4, -0.2) is 41.2 Å². The topological polar surface area (TPSA) is 74.7 Å². The molecule has 1 aliphatic heterocycles. The number of urea groups is 1. The summed E-state index contributed by atoms with van der Waals surface area (Å²) < 4.78 is 5.16. The quantitative estimate of drug-likeness (QED) is 0.862. The van der Waals surface area contributed by atoms with Gasteiger partial charge in [0.2, 0.25) is 0 Å². The van der Waals surface area contributed by atoms with Crippen LogP contribution in [0.5, 0.6) is 5.75 Å². The maximum absolute atomic E-state index is 12.6. The van der Waals surface area contributed by atoms with E-state index < -0.39 is 6.10 Å². The smallest absolute Gasteiger partial charge is 0.321 e. The lowest BCUT2D eigenvalue weighted by atomic mass is 9.87. The maximum Gasteiger partial charge on any atom is 0.321 e. The van der Waals surface area contributed by atoms with Gasteiger partial charge in [-0.25, -0.2) is 4.79 Å². The number of nitrogens with zero attached hydrogens (tertiary/aromatic N) is 2. The van der Waals surface area contributed by atoms with E-state index >= 15 is 0 Å². The molecule has 1 atom stereocenters. The molecule has 0 radical (unpaired) electrons. The van der Waals surface area contributed by atoms with Gasteiger partial charge in [-0.1, -0.05) is 12.1 Å². The predicted octanol–water partition coefficient (Wildman–Crippen LogP) is 3.68. The largest absolute Gasteiger partial charge is 0.497 e. The summed E-state index contributed by atoms with van der Waals surface area (Å²) >= 11 is 0. The van der Waals surface area contributed by atoms with Crippen LogP contribution in [0.1, 0.15) is 35.8 Å². The number of amides is 2. The summed E-state index contributed by atoms with van der Waals surface area (Å²) in [7, 11) is 1.63. The van der Waals surface area contributed by atoms with Gasteiger partial charge in [0.05, 0.1) is 13.2 Å². The number of hydrogen-bond acceptors (Lipinski definition) is 4. The molecule has 1 aliphatic rings. The summed E-state index contributed by atoms with van der Waals surface area (Å²) in [6, 6.07) is 9.31. The Morgan fingerprint density at radius 1 is 1.26 bits per heavy atom. The Bertz CT molecular complexity index is 784. The number of carbonyl (C=O) groups is 1. The average Bonchev–Trinajstić information content (AvgIpc) is 2.70. The molecule has 2 N–H and O–H groups in total.